The molecule has 3 fully saturated rings. The quantitative estimate of drug-likeness (QED) is 0.690. The van der Waals surface area contributed by atoms with Gasteiger partial charge in [0.2, 0.25) is 11.8 Å². The predicted octanol–water partition coefficient (Wildman–Crippen LogP) is 0.777. The molecular weight excluding hydrogens is 396 g/mol. The highest BCUT2D eigenvalue weighted by Gasteiger charge is 2.43. The number of ether oxygens (including phenoxy) is 1. The SMILES string of the molecule is NCC1CC2(CCN(Cc3cccc4c3C(=O)N(C3CCC(=O)NC3=O)C4)CC2)CO1. The highest BCUT2D eigenvalue weighted by Crippen LogP contribution is 2.42. The number of hydrogen-bond donors (Lipinski definition) is 2. The van der Waals surface area contributed by atoms with Crippen LogP contribution in [0.4, 0.5) is 0 Å². The Labute approximate surface area is 182 Å². The zero-order valence-electron chi connectivity index (χ0n) is 17.8. The molecule has 166 valence electrons. The van der Waals surface area contributed by atoms with Crippen molar-refractivity contribution in [1.29, 1.82) is 0 Å². The zero-order chi connectivity index (χ0) is 21.6. The van der Waals surface area contributed by atoms with Crippen LogP contribution >= 0.6 is 0 Å². The largest absolute Gasteiger partial charge is 0.376 e. The average molecular weight is 427 g/mol. The fourth-order valence-electron chi connectivity index (χ4n) is 5.64. The molecule has 0 aromatic heterocycles. The van der Waals surface area contributed by atoms with Gasteiger partial charge in [0.1, 0.15) is 6.04 Å². The fraction of sp³-hybridized carbons (Fsp3) is 0.609. The van der Waals surface area contributed by atoms with Gasteiger partial charge in [-0.05, 0) is 55.3 Å². The number of hydrogen-bond acceptors (Lipinski definition) is 6. The summed E-state index contributed by atoms with van der Waals surface area (Å²) in [6.45, 7) is 4.52. The molecule has 4 aliphatic rings. The Bertz CT molecular complexity index is 909. The second-order valence-corrected chi connectivity index (χ2v) is 9.50. The molecule has 2 atom stereocenters. The van der Waals surface area contributed by atoms with Crippen LogP contribution in [0.1, 0.15) is 53.6 Å². The van der Waals surface area contributed by atoms with Gasteiger partial charge < -0.3 is 15.4 Å². The number of nitrogens with zero attached hydrogens (tertiary/aromatic N) is 2. The molecule has 0 saturated carbocycles. The van der Waals surface area contributed by atoms with Crippen LogP contribution in [0.3, 0.4) is 0 Å². The minimum Gasteiger partial charge on any atom is -0.376 e. The topological polar surface area (TPSA) is 105 Å². The number of carbonyl (C=O) groups is 3. The summed E-state index contributed by atoms with van der Waals surface area (Å²) in [5.74, 6) is -0.724. The van der Waals surface area contributed by atoms with Crippen molar-refractivity contribution in [2.45, 2.75) is 57.3 Å². The molecule has 3 amide bonds. The molecule has 1 aromatic rings. The van der Waals surface area contributed by atoms with E-state index in [9.17, 15) is 14.4 Å². The maximum absolute atomic E-state index is 13.3. The first-order valence-corrected chi connectivity index (χ1v) is 11.3. The molecule has 0 radical (unpaired) electrons. The molecule has 0 bridgehead atoms. The lowest BCUT2D eigenvalue weighted by molar-refractivity contribution is -0.136. The number of imide groups is 1. The lowest BCUT2D eigenvalue weighted by Gasteiger charge is -2.38. The Kier molecular flexibility index (Phi) is 5.32. The Balaban J connectivity index is 1.27. The van der Waals surface area contributed by atoms with Crippen LogP contribution in [0.2, 0.25) is 0 Å². The second-order valence-electron chi connectivity index (χ2n) is 9.50. The maximum Gasteiger partial charge on any atom is 0.255 e. The molecule has 4 aliphatic heterocycles. The van der Waals surface area contributed by atoms with Crippen LogP contribution in [-0.2, 0) is 27.4 Å². The van der Waals surface area contributed by atoms with E-state index in [4.69, 9.17) is 10.5 Å². The third-order valence-corrected chi connectivity index (χ3v) is 7.50. The molecule has 8 nitrogen and oxygen atoms in total. The average Bonchev–Trinajstić information content (AvgIpc) is 3.32. The van der Waals surface area contributed by atoms with Gasteiger partial charge in [0.05, 0.1) is 12.7 Å². The molecular formula is C23H30N4O4. The summed E-state index contributed by atoms with van der Waals surface area (Å²) in [6.07, 6.45) is 4.09. The Morgan fingerprint density at radius 3 is 2.71 bits per heavy atom. The van der Waals surface area contributed by atoms with Gasteiger partial charge in [-0.1, -0.05) is 18.2 Å². The molecule has 1 spiro atoms. The number of fused-ring (bicyclic) bond motifs is 1. The van der Waals surface area contributed by atoms with E-state index in [2.05, 4.69) is 10.2 Å². The van der Waals surface area contributed by atoms with Crippen LogP contribution in [0.25, 0.3) is 0 Å². The highest BCUT2D eigenvalue weighted by molar-refractivity contribution is 6.05. The van der Waals surface area contributed by atoms with Crippen molar-refractivity contribution in [3.05, 3.63) is 34.9 Å². The van der Waals surface area contributed by atoms with Crippen molar-refractivity contribution in [3.8, 4) is 0 Å². The van der Waals surface area contributed by atoms with E-state index >= 15 is 0 Å². The predicted molar refractivity (Wildman–Crippen MR) is 113 cm³/mol. The summed E-state index contributed by atoms with van der Waals surface area (Å²) in [4.78, 5) is 41.1. The first-order valence-electron chi connectivity index (χ1n) is 11.3. The van der Waals surface area contributed by atoms with Crippen molar-refractivity contribution in [2.24, 2.45) is 11.1 Å². The van der Waals surface area contributed by atoms with Crippen LogP contribution in [-0.4, -0.2) is 65.9 Å². The van der Waals surface area contributed by atoms with Crippen molar-refractivity contribution in [1.82, 2.24) is 15.1 Å². The minimum absolute atomic E-state index is 0.0939. The van der Waals surface area contributed by atoms with E-state index in [1.807, 2.05) is 18.2 Å². The summed E-state index contributed by atoms with van der Waals surface area (Å²) >= 11 is 0. The first-order chi connectivity index (χ1) is 15.0. The zero-order valence-corrected chi connectivity index (χ0v) is 17.8. The molecule has 2 unspecified atom stereocenters. The van der Waals surface area contributed by atoms with Crippen LogP contribution in [0.15, 0.2) is 18.2 Å². The maximum atomic E-state index is 13.3. The van der Waals surface area contributed by atoms with Crippen molar-refractivity contribution < 1.29 is 19.1 Å². The molecule has 0 aliphatic carbocycles. The van der Waals surface area contributed by atoms with Crippen LogP contribution in [0, 0.1) is 5.41 Å². The van der Waals surface area contributed by atoms with Crippen LogP contribution < -0.4 is 11.1 Å². The molecule has 3 saturated heterocycles. The number of nitrogens with two attached hydrogens (primary N) is 1. The molecule has 31 heavy (non-hydrogen) atoms. The van der Waals surface area contributed by atoms with Gasteiger partial charge in [0.15, 0.2) is 0 Å². The van der Waals surface area contributed by atoms with Gasteiger partial charge in [-0.25, -0.2) is 0 Å². The number of benzene rings is 1. The Hall–Kier alpha value is -2.29. The number of amides is 3. The number of carbonyl (C=O) groups excluding carboxylic acids is 3. The second kappa shape index (κ2) is 8.00. The number of rotatable bonds is 4. The summed E-state index contributed by atoms with van der Waals surface area (Å²) in [5.41, 5.74) is 8.78. The number of nitrogens with one attached hydrogen (secondary N) is 1. The lowest BCUT2D eigenvalue weighted by Crippen LogP contribution is -2.52. The smallest absolute Gasteiger partial charge is 0.255 e. The Morgan fingerprint density at radius 1 is 1.19 bits per heavy atom. The van der Waals surface area contributed by atoms with Crippen molar-refractivity contribution >= 4 is 17.7 Å². The molecule has 5 rings (SSSR count). The van der Waals surface area contributed by atoms with E-state index in [1.165, 1.54) is 0 Å². The highest BCUT2D eigenvalue weighted by atomic mass is 16.5. The van der Waals surface area contributed by atoms with E-state index in [-0.39, 0.29) is 35.7 Å². The molecule has 1 aromatic carbocycles. The first kappa shape index (κ1) is 20.6. The monoisotopic (exact) mass is 426 g/mol. The van der Waals surface area contributed by atoms with Gasteiger partial charge in [0, 0.05) is 31.6 Å². The van der Waals surface area contributed by atoms with Crippen molar-refractivity contribution in [3.63, 3.8) is 0 Å². The van der Waals surface area contributed by atoms with Gasteiger partial charge in [0.25, 0.3) is 5.91 Å². The fourth-order valence-corrected chi connectivity index (χ4v) is 5.64. The van der Waals surface area contributed by atoms with Gasteiger partial charge in [-0.3, -0.25) is 24.6 Å². The third kappa shape index (κ3) is 3.77. The normalized spacial score (nSPS) is 28.3. The number of piperidine rings is 2. The third-order valence-electron chi connectivity index (χ3n) is 7.50. The minimum atomic E-state index is -0.571. The summed E-state index contributed by atoms with van der Waals surface area (Å²) < 4.78 is 5.86. The van der Waals surface area contributed by atoms with Gasteiger partial charge >= 0.3 is 0 Å². The summed E-state index contributed by atoms with van der Waals surface area (Å²) in [6, 6.07) is 5.42. The summed E-state index contributed by atoms with van der Waals surface area (Å²) in [5, 5.41) is 2.37. The van der Waals surface area contributed by atoms with E-state index in [0.717, 1.165) is 62.2 Å². The number of likely N-dealkylation sites (tertiary alicyclic amines) is 1. The molecule has 3 N–H and O–H groups in total. The summed E-state index contributed by atoms with van der Waals surface area (Å²) in [7, 11) is 0. The van der Waals surface area contributed by atoms with Gasteiger partial charge in [-0.15, -0.1) is 0 Å². The molecule has 4 heterocycles. The van der Waals surface area contributed by atoms with E-state index in [1.54, 1.807) is 4.90 Å². The van der Waals surface area contributed by atoms with E-state index in [0.29, 0.717) is 19.5 Å². The van der Waals surface area contributed by atoms with Crippen LogP contribution in [0.5, 0.6) is 0 Å². The molecule has 8 heteroatoms. The Morgan fingerprint density at radius 2 is 2.00 bits per heavy atom. The van der Waals surface area contributed by atoms with Crippen molar-refractivity contribution in [2.75, 3.05) is 26.2 Å². The lowest BCUT2D eigenvalue weighted by atomic mass is 9.76. The standard InChI is InChI=1S/C23H30N4O4/c24-11-17-10-23(14-31-17)6-8-26(9-7-23)12-15-2-1-3-16-13-27(22(30)20(15)16)18-4-5-19(28)25-21(18)29/h1-3,17-18H,4-14,24H2,(H,25,28,29). The van der Waals surface area contributed by atoms with E-state index < -0.39 is 6.04 Å². The van der Waals surface area contributed by atoms with Gasteiger partial charge in [-0.2, -0.15) is 0 Å².